The monoisotopic (exact) mass is 455 g/mol. The van der Waals surface area contributed by atoms with Crippen molar-refractivity contribution in [2.24, 2.45) is 0 Å². The normalized spacial score (nSPS) is 13.4. The van der Waals surface area contributed by atoms with E-state index in [1.807, 2.05) is 23.6 Å². The summed E-state index contributed by atoms with van der Waals surface area (Å²) >= 11 is 1.41. The van der Waals surface area contributed by atoms with Gasteiger partial charge in [0.1, 0.15) is 0 Å². The van der Waals surface area contributed by atoms with Crippen LogP contribution < -0.4 is 10.0 Å². The number of rotatable bonds is 5. The smallest absolute Gasteiger partial charge is 0.264 e. The molecule has 2 amide bonds. The van der Waals surface area contributed by atoms with Crippen molar-refractivity contribution in [1.29, 1.82) is 0 Å². The van der Waals surface area contributed by atoms with Crippen LogP contribution in [0.3, 0.4) is 0 Å². The molecule has 0 spiro atoms. The standard InChI is InChI=1S/C22H21N3O4S2/c1-15(26)23-18-6-8-20(9-7-18)31(28,29)24-19-5-4-16-10-11-25(14-17(16)13-19)22(27)21-3-2-12-30-21/h2-9,12-13,24H,10-11,14H2,1H3,(H,23,26). The van der Waals surface area contributed by atoms with Gasteiger partial charge in [0.25, 0.3) is 15.9 Å². The molecule has 0 radical (unpaired) electrons. The zero-order valence-corrected chi connectivity index (χ0v) is 18.4. The first-order valence-corrected chi connectivity index (χ1v) is 12.0. The average Bonchev–Trinajstić information content (AvgIpc) is 3.27. The third kappa shape index (κ3) is 4.78. The quantitative estimate of drug-likeness (QED) is 0.613. The number of thiophene rings is 1. The molecule has 3 aromatic rings. The third-order valence-electron chi connectivity index (χ3n) is 4.97. The number of hydrogen-bond acceptors (Lipinski definition) is 5. The number of sulfonamides is 1. The summed E-state index contributed by atoms with van der Waals surface area (Å²) in [6.45, 7) is 2.46. The Morgan fingerprint density at radius 2 is 1.74 bits per heavy atom. The first-order valence-electron chi connectivity index (χ1n) is 9.67. The number of amides is 2. The lowest BCUT2D eigenvalue weighted by Gasteiger charge is -2.29. The first-order chi connectivity index (χ1) is 14.8. The zero-order valence-electron chi connectivity index (χ0n) is 16.8. The molecule has 0 bridgehead atoms. The van der Waals surface area contributed by atoms with Gasteiger partial charge in [0, 0.05) is 31.4 Å². The summed E-state index contributed by atoms with van der Waals surface area (Å²) in [6, 6.07) is 15.0. The van der Waals surface area contributed by atoms with E-state index >= 15 is 0 Å². The maximum atomic E-state index is 12.8. The minimum Gasteiger partial charge on any atom is -0.333 e. The molecule has 2 N–H and O–H groups in total. The van der Waals surface area contributed by atoms with Crippen molar-refractivity contribution in [3.8, 4) is 0 Å². The topological polar surface area (TPSA) is 95.6 Å². The largest absolute Gasteiger partial charge is 0.333 e. The van der Waals surface area contributed by atoms with Gasteiger partial charge in [-0.3, -0.25) is 14.3 Å². The molecule has 2 heterocycles. The predicted molar refractivity (Wildman–Crippen MR) is 121 cm³/mol. The van der Waals surface area contributed by atoms with Gasteiger partial charge < -0.3 is 10.2 Å². The van der Waals surface area contributed by atoms with Gasteiger partial charge in [-0.15, -0.1) is 11.3 Å². The highest BCUT2D eigenvalue weighted by Gasteiger charge is 2.23. The van der Waals surface area contributed by atoms with Crippen LogP contribution in [0.25, 0.3) is 0 Å². The molecular weight excluding hydrogens is 434 g/mol. The van der Waals surface area contributed by atoms with E-state index in [0.717, 1.165) is 17.5 Å². The molecule has 9 heteroatoms. The van der Waals surface area contributed by atoms with Gasteiger partial charge in [-0.1, -0.05) is 12.1 Å². The van der Waals surface area contributed by atoms with Crippen LogP contribution in [0.1, 0.15) is 27.7 Å². The van der Waals surface area contributed by atoms with Crippen molar-refractivity contribution in [2.75, 3.05) is 16.6 Å². The van der Waals surface area contributed by atoms with Crippen molar-refractivity contribution in [3.63, 3.8) is 0 Å². The molecule has 2 aromatic carbocycles. The fraction of sp³-hybridized carbons (Fsp3) is 0.182. The molecule has 1 aliphatic rings. The fourth-order valence-electron chi connectivity index (χ4n) is 3.48. The Hall–Kier alpha value is -3.17. The molecule has 7 nitrogen and oxygen atoms in total. The molecule has 0 saturated heterocycles. The van der Waals surface area contributed by atoms with Crippen molar-refractivity contribution in [2.45, 2.75) is 24.8 Å². The first kappa shape index (κ1) is 21.1. The number of benzene rings is 2. The summed E-state index contributed by atoms with van der Waals surface area (Å²) in [5, 5.41) is 4.48. The van der Waals surface area contributed by atoms with Gasteiger partial charge in [-0.05, 0) is 65.4 Å². The summed E-state index contributed by atoms with van der Waals surface area (Å²) in [6.07, 6.45) is 0.726. The highest BCUT2D eigenvalue weighted by Crippen LogP contribution is 2.26. The van der Waals surface area contributed by atoms with Crippen LogP contribution in [0.2, 0.25) is 0 Å². The van der Waals surface area contributed by atoms with Crippen molar-refractivity contribution in [3.05, 3.63) is 76.0 Å². The van der Waals surface area contributed by atoms with Crippen molar-refractivity contribution in [1.82, 2.24) is 4.90 Å². The Morgan fingerprint density at radius 3 is 2.42 bits per heavy atom. The van der Waals surface area contributed by atoms with Gasteiger partial charge in [0.15, 0.2) is 0 Å². The Kier molecular flexibility index (Phi) is 5.79. The summed E-state index contributed by atoms with van der Waals surface area (Å²) in [5.74, 6) is -0.236. The van der Waals surface area contributed by atoms with Crippen LogP contribution in [0.15, 0.2) is 64.9 Å². The summed E-state index contributed by atoms with van der Waals surface area (Å²) in [4.78, 5) is 26.4. The van der Waals surface area contributed by atoms with E-state index in [0.29, 0.717) is 29.3 Å². The molecule has 0 atom stereocenters. The molecule has 0 aliphatic carbocycles. The van der Waals surface area contributed by atoms with Crippen LogP contribution in [0.5, 0.6) is 0 Å². The van der Waals surface area contributed by atoms with E-state index in [2.05, 4.69) is 10.0 Å². The molecule has 1 aromatic heterocycles. The van der Waals surface area contributed by atoms with E-state index in [4.69, 9.17) is 0 Å². The third-order valence-corrected chi connectivity index (χ3v) is 7.23. The second kappa shape index (κ2) is 8.52. The van der Waals surface area contributed by atoms with E-state index in [1.54, 1.807) is 17.0 Å². The molecule has 1 aliphatic heterocycles. The van der Waals surface area contributed by atoms with Gasteiger partial charge in [-0.25, -0.2) is 8.42 Å². The Labute approximate surface area is 184 Å². The highest BCUT2D eigenvalue weighted by atomic mass is 32.2. The average molecular weight is 456 g/mol. The Bertz CT molecular complexity index is 1220. The second-order valence-electron chi connectivity index (χ2n) is 7.25. The van der Waals surface area contributed by atoms with Gasteiger partial charge in [0.05, 0.1) is 9.77 Å². The maximum Gasteiger partial charge on any atom is 0.264 e. The minimum absolute atomic E-state index is 0.00843. The fourth-order valence-corrected chi connectivity index (χ4v) is 5.23. The van der Waals surface area contributed by atoms with E-state index in [1.165, 1.54) is 42.5 Å². The minimum atomic E-state index is -3.79. The Balaban J connectivity index is 1.50. The molecule has 4 rings (SSSR count). The van der Waals surface area contributed by atoms with E-state index in [-0.39, 0.29) is 16.7 Å². The number of anilines is 2. The number of nitrogens with one attached hydrogen (secondary N) is 2. The molecule has 160 valence electrons. The SMILES string of the molecule is CC(=O)Nc1ccc(S(=O)(=O)Nc2ccc3c(c2)CN(C(=O)c2cccs2)CC3)cc1. The van der Waals surface area contributed by atoms with E-state index in [9.17, 15) is 18.0 Å². The molecule has 0 fully saturated rings. The number of carbonyl (C=O) groups is 2. The molecule has 0 saturated carbocycles. The van der Waals surface area contributed by atoms with Crippen LogP contribution in [0, 0.1) is 0 Å². The Morgan fingerprint density at radius 1 is 1.00 bits per heavy atom. The lowest BCUT2D eigenvalue weighted by molar-refractivity contribution is -0.114. The van der Waals surface area contributed by atoms with Crippen LogP contribution in [-0.2, 0) is 27.8 Å². The summed E-state index contributed by atoms with van der Waals surface area (Å²) in [7, 11) is -3.79. The van der Waals surface area contributed by atoms with Gasteiger partial charge in [0.2, 0.25) is 5.91 Å². The highest BCUT2D eigenvalue weighted by molar-refractivity contribution is 7.92. The van der Waals surface area contributed by atoms with Gasteiger partial charge in [-0.2, -0.15) is 0 Å². The van der Waals surface area contributed by atoms with Crippen molar-refractivity contribution < 1.29 is 18.0 Å². The van der Waals surface area contributed by atoms with Gasteiger partial charge >= 0.3 is 0 Å². The molecular formula is C22H21N3O4S2. The zero-order chi connectivity index (χ0) is 22.0. The molecule has 0 unspecified atom stereocenters. The lowest BCUT2D eigenvalue weighted by Crippen LogP contribution is -2.35. The lowest BCUT2D eigenvalue weighted by atomic mass is 9.99. The summed E-state index contributed by atoms with van der Waals surface area (Å²) in [5.41, 5.74) is 3.00. The van der Waals surface area contributed by atoms with Crippen LogP contribution in [-0.4, -0.2) is 31.7 Å². The maximum absolute atomic E-state index is 12.8. The number of carbonyl (C=O) groups excluding carboxylic acids is 2. The summed E-state index contributed by atoms with van der Waals surface area (Å²) < 4.78 is 28.1. The second-order valence-corrected chi connectivity index (χ2v) is 9.88. The van der Waals surface area contributed by atoms with E-state index < -0.39 is 10.0 Å². The predicted octanol–water partition coefficient (Wildman–Crippen LogP) is 3.71. The van der Waals surface area contributed by atoms with Crippen LogP contribution >= 0.6 is 11.3 Å². The molecule has 31 heavy (non-hydrogen) atoms. The van der Waals surface area contributed by atoms with Crippen LogP contribution in [0.4, 0.5) is 11.4 Å². The van der Waals surface area contributed by atoms with Crippen molar-refractivity contribution >= 4 is 44.5 Å². The number of hydrogen-bond donors (Lipinski definition) is 2. The number of fused-ring (bicyclic) bond motifs is 1. The number of nitrogens with zero attached hydrogens (tertiary/aromatic N) is 1.